The van der Waals surface area contributed by atoms with Crippen molar-refractivity contribution in [2.24, 2.45) is 0 Å². The zero-order chi connectivity index (χ0) is 17.7. The zero-order valence-electron chi connectivity index (χ0n) is 12.4. The topological polar surface area (TPSA) is 126 Å². The molecule has 0 spiro atoms. The van der Waals surface area contributed by atoms with Gasteiger partial charge >= 0.3 is 0 Å². The van der Waals surface area contributed by atoms with Crippen molar-refractivity contribution in [3.8, 4) is 0 Å². The molecular formula is C15H8N4O5S. The second kappa shape index (κ2) is 5.31. The first-order valence-corrected chi connectivity index (χ1v) is 7.94. The summed E-state index contributed by atoms with van der Waals surface area (Å²) in [5.74, 6) is -1.07. The van der Waals surface area contributed by atoms with Crippen molar-refractivity contribution in [1.29, 1.82) is 0 Å². The van der Waals surface area contributed by atoms with E-state index in [1.54, 1.807) is 11.4 Å². The fourth-order valence-electron chi connectivity index (χ4n) is 2.68. The predicted octanol–water partition coefficient (Wildman–Crippen LogP) is 1.69. The molecule has 10 heteroatoms. The number of hydrogen-bond donors (Lipinski definition) is 1. The van der Waals surface area contributed by atoms with Crippen LogP contribution >= 0.6 is 11.3 Å². The number of nitrogens with zero attached hydrogens (tertiary/aromatic N) is 3. The van der Waals surface area contributed by atoms with Gasteiger partial charge in [0, 0.05) is 12.1 Å². The minimum atomic E-state index is -0.656. The third-order valence-electron chi connectivity index (χ3n) is 3.84. The lowest BCUT2D eigenvalue weighted by atomic mass is 10.1. The van der Waals surface area contributed by atoms with E-state index in [0.717, 1.165) is 11.0 Å². The summed E-state index contributed by atoms with van der Waals surface area (Å²) in [6.45, 7) is -0.221. The standard InChI is InChI=1S/C15H8N4O5S/c20-13-12-10(3-4-25-12)16-11(17-13)6-18-14(21)8-2-1-7(19(23)24)5-9(8)15(18)22/h1-5H,6H2,(H,16,17,20). The van der Waals surface area contributed by atoms with Gasteiger partial charge in [-0.05, 0) is 17.5 Å². The molecule has 0 saturated carbocycles. The summed E-state index contributed by atoms with van der Waals surface area (Å²) < 4.78 is 0.460. The van der Waals surface area contributed by atoms with E-state index < -0.39 is 16.7 Å². The van der Waals surface area contributed by atoms with Gasteiger partial charge in [-0.1, -0.05) is 0 Å². The van der Waals surface area contributed by atoms with Crippen molar-refractivity contribution in [1.82, 2.24) is 14.9 Å². The molecule has 4 rings (SSSR count). The predicted molar refractivity (Wildman–Crippen MR) is 87.5 cm³/mol. The number of non-ortho nitro benzene ring substituents is 1. The number of H-pyrrole nitrogens is 1. The van der Waals surface area contributed by atoms with E-state index in [4.69, 9.17) is 0 Å². The van der Waals surface area contributed by atoms with Crippen LogP contribution in [0.4, 0.5) is 5.69 Å². The molecule has 2 aromatic heterocycles. The highest BCUT2D eigenvalue weighted by Gasteiger charge is 2.37. The summed E-state index contributed by atoms with van der Waals surface area (Å²) in [6, 6.07) is 5.18. The molecule has 1 aromatic carbocycles. The molecule has 0 saturated heterocycles. The van der Waals surface area contributed by atoms with Gasteiger partial charge in [-0.3, -0.25) is 29.4 Å². The minimum absolute atomic E-state index is 0.0295. The number of carbonyl (C=O) groups is 2. The monoisotopic (exact) mass is 356 g/mol. The highest BCUT2D eigenvalue weighted by molar-refractivity contribution is 7.17. The van der Waals surface area contributed by atoms with E-state index in [2.05, 4.69) is 9.97 Å². The molecule has 2 amide bonds. The molecule has 0 atom stereocenters. The number of aromatic amines is 1. The van der Waals surface area contributed by atoms with Gasteiger partial charge < -0.3 is 4.98 Å². The summed E-state index contributed by atoms with van der Waals surface area (Å²) in [6.07, 6.45) is 0. The average molecular weight is 356 g/mol. The van der Waals surface area contributed by atoms with E-state index in [9.17, 15) is 24.5 Å². The first kappa shape index (κ1) is 15.1. The van der Waals surface area contributed by atoms with Crippen molar-refractivity contribution < 1.29 is 14.5 Å². The Balaban J connectivity index is 1.71. The highest BCUT2D eigenvalue weighted by atomic mass is 32.1. The first-order valence-electron chi connectivity index (χ1n) is 7.07. The third-order valence-corrected chi connectivity index (χ3v) is 4.74. The molecule has 0 unspecified atom stereocenters. The Labute approximate surface area is 142 Å². The van der Waals surface area contributed by atoms with Crippen molar-refractivity contribution in [2.45, 2.75) is 6.54 Å². The van der Waals surface area contributed by atoms with E-state index in [0.29, 0.717) is 10.2 Å². The minimum Gasteiger partial charge on any atom is -0.308 e. The van der Waals surface area contributed by atoms with E-state index in [-0.39, 0.29) is 34.7 Å². The van der Waals surface area contributed by atoms with E-state index >= 15 is 0 Å². The van der Waals surface area contributed by atoms with Gasteiger partial charge in [0.15, 0.2) is 0 Å². The lowest BCUT2D eigenvalue weighted by molar-refractivity contribution is -0.384. The lowest BCUT2D eigenvalue weighted by Crippen LogP contribution is -2.30. The summed E-state index contributed by atoms with van der Waals surface area (Å²) >= 11 is 1.24. The van der Waals surface area contributed by atoms with Crippen molar-refractivity contribution >= 4 is 39.1 Å². The Morgan fingerprint density at radius 2 is 1.92 bits per heavy atom. The van der Waals surface area contributed by atoms with Gasteiger partial charge in [0.05, 0.1) is 28.1 Å². The van der Waals surface area contributed by atoms with Crippen molar-refractivity contribution in [2.75, 3.05) is 0 Å². The molecule has 0 aliphatic carbocycles. The number of amides is 2. The molecule has 1 aliphatic rings. The maximum atomic E-state index is 12.4. The largest absolute Gasteiger partial charge is 0.308 e. The van der Waals surface area contributed by atoms with Crippen LogP contribution in [0.5, 0.6) is 0 Å². The van der Waals surface area contributed by atoms with Crippen LogP contribution in [0.1, 0.15) is 26.5 Å². The second-order valence-corrected chi connectivity index (χ2v) is 6.25. The maximum absolute atomic E-state index is 12.4. The molecular weight excluding hydrogens is 348 g/mol. The number of hydrogen-bond acceptors (Lipinski definition) is 7. The number of thiophene rings is 1. The van der Waals surface area contributed by atoms with Crippen LogP contribution in [0.3, 0.4) is 0 Å². The zero-order valence-corrected chi connectivity index (χ0v) is 13.2. The molecule has 3 heterocycles. The molecule has 9 nitrogen and oxygen atoms in total. The highest BCUT2D eigenvalue weighted by Crippen LogP contribution is 2.27. The Kier molecular flexibility index (Phi) is 3.22. The summed E-state index contributed by atoms with van der Waals surface area (Å²) in [7, 11) is 0. The molecule has 0 radical (unpaired) electrons. The van der Waals surface area contributed by atoms with Gasteiger partial charge in [-0.25, -0.2) is 4.98 Å². The van der Waals surface area contributed by atoms with Gasteiger partial charge in [0.1, 0.15) is 10.5 Å². The first-order chi connectivity index (χ1) is 12.0. The number of nitro groups is 1. The van der Waals surface area contributed by atoms with Gasteiger partial charge in [-0.2, -0.15) is 0 Å². The quantitative estimate of drug-likeness (QED) is 0.432. The van der Waals surface area contributed by atoms with E-state index in [1.807, 2.05) is 0 Å². The van der Waals surface area contributed by atoms with Gasteiger partial charge in [0.2, 0.25) is 0 Å². The number of benzene rings is 1. The number of rotatable bonds is 3. The van der Waals surface area contributed by atoms with Crippen LogP contribution in [-0.2, 0) is 6.54 Å². The van der Waals surface area contributed by atoms with Crippen LogP contribution < -0.4 is 5.56 Å². The number of carbonyl (C=O) groups excluding carboxylic acids is 2. The fraction of sp³-hybridized carbons (Fsp3) is 0.0667. The normalized spacial score (nSPS) is 13.5. The lowest BCUT2D eigenvalue weighted by Gasteiger charge is -2.12. The van der Waals surface area contributed by atoms with Gasteiger partial charge in [0.25, 0.3) is 23.1 Å². The Bertz CT molecular complexity index is 1130. The summed E-state index contributed by atoms with van der Waals surface area (Å²) in [5, 5.41) is 12.6. The Morgan fingerprint density at radius 1 is 1.16 bits per heavy atom. The van der Waals surface area contributed by atoms with Gasteiger partial charge in [-0.15, -0.1) is 11.3 Å². The molecule has 1 aliphatic heterocycles. The van der Waals surface area contributed by atoms with Crippen LogP contribution in [0.15, 0.2) is 34.4 Å². The molecule has 0 bridgehead atoms. The van der Waals surface area contributed by atoms with Crippen LogP contribution in [-0.4, -0.2) is 31.6 Å². The maximum Gasteiger partial charge on any atom is 0.270 e. The summed E-state index contributed by atoms with van der Waals surface area (Å²) in [4.78, 5) is 54.8. The number of fused-ring (bicyclic) bond motifs is 2. The Hall–Kier alpha value is -3.40. The SMILES string of the molecule is O=C1c2ccc([N+](=O)[O-])cc2C(=O)N1Cc1nc2ccsc2c(=O)[nH]1. The summed E-state index contributed by atoms with van der Waals surface area (Å²) in [5.41, 5.74) is -0.0704. The smallest absolute Gasteiger partial charge is 0.270 e. The average Bonchev–Trinajstić information content (AvgIpc) is 3.14. The second-order valence-electron chi connectivity index (χ2n) is 5.33. The van der Waals surface area contributed by atoms with Crippen LogP contribution in [0, 0.1) is 10.1 Å². The fourth-order valence-corrected chi connectivity index (χ4v) is 3.41. The number of nitrogens with one attached hydrogen (secondary N) is 1. The molecule has 124 valence electrons. The molecule has 25 heavy (non-hydrogen) atoms. The van der Waals surface area contributed by atoms with Crippen LogP contribution in [0.2, 0.25) is 0 Å². The van der Waals surface area contributed by atoms with E-state index in [1.165, 1.54) is 23.5 Å². The molecule has 1 N–H and O–H groups in total. The number of nitro benzene ring substituents is 1. The third kappa shape index (κ3) is 2.31. The molecule has 0 fully saturated rings. The number of aromatic nitrogens is 2. The van der Waals surface area contributed by atoms with Crippen molar-refractivity contribution in [3.05, 3.63) is 67.1 Å². The number of imide groups is 1. The Morgan fingerprint density at radius 3 is 2.68 bits per heavy atom. The van der Waals surface area contributed by atoms with Crippen LogP contribution in [0.25, 0.3) is 10.2 Å². The van der Waals surface area contributed by atoms with Crippen molar-refractivity contribution in [3.63, 3.8) is 0 Å². The molecule has 3 aromatic rings.